The highest BCUT2D eigenvalue weighted by Gasteiger charge is 2.24. The normalized spacial score (nSPS) is 11.2. The first kappa shape index (κ1) is 12.7. The third kappa shape index (κ3) is 3.66. The van der Waals surface area contributed by atoms with Crippen LogP contribution in [0.15, 0.2) is 30.3 Å². The fourth-order valence-corrected chi connectivity index (χ4v) is 1.30. The number of carbonyl (C=O) groups is 1. The quantitative estimate of drug-likeness (QED) is 0.786. The molecule has 16 heavy (non-hydrogen) atoms. The van der Waals surface area contributed by atoms with E-state index in [-0.39, 0.29) is 5.91 Å². The van der Waals surface area contributed by atoms with Gasteiger partial charge in [-0.25, -0.2) is 0 Å². The molecule has 0 atom stereocenters. The lowest BCUT2D eigenvalue weighted by molar-refractivity contribution is -0.126. The smallest absolute Gasteiger partial charge is 0.239 e. The van der Waals surface area contributed by atoms with E-state index < -0.39 is 5.54 Å². The average molecular weight is 220 g/mol. The molecule has 0 unspecified atom stereocenters. The van der Waals surface area contributed by atoms with Crippen molar-refractivity contribution >= 4 is 5.91 Å². The highest BCUT2D eigenvalue weighted by molar-refractivity contribution is 5.85. The van der Waals surface area contributed by atoms with E-state index in [0.29, 0.717) is 6.54 Å². The van der Waals surface area contributed by atoms with Crippen molar-refractivity contribution in [3.8, 4) is 0 Å². The first-order valence-corrected chi connectivity index (χ1v) is 5.57. The maximum absolute atomic E-state index is 11.7. The van der Waals surface area contributed by atoms with Gasteiger partial charge < -0.3 is 10.6 Å². The minimum Gasteiger partial charge on any atom is -0.354 e. The molecule has 88 valence electrons. The fraction of sp³-hybridized carbons (Fsp3) is 0.462. The summed E-state index contributed by atoms with van der Waals surface area (Å²) >= 11 is 0. The van der Waals surface area contributed by atoms with Gasteiger partial charge in [-0.15, -0.1) is 0 Å². The monoisotopic (exact) mass is 220 g/mol. The Hall–Kier alpha value is -1.35. The van der Waals surface area contributed by atoms with Crippen molar-refractivity contribution in [3.63, 3.8) is 0 Å². The van der Waals surface area contributed by atoms with E-state index >= 15 is 0 Å². The molecule has 0 spiro atoms. The molecule has 0 heterocycles. The molecule has 0 aromatic heterocycles. The Bertz CT molecular complexity index is 333. The molecule has 3 heteroatoms. The van der Waals surface area contributed by atoms with Crippen LogP contribution in [0.4, 0.5) is 0 Å². The molecule has 1 aromatic rings. The molecule has 2 N–H and O–H groups in total. The Kier molecular flexibility index (Phi) is 4.50. The third-order valence-electron chi connectivity index (χ3n) is 2.73. The molecule has 0 fully saturated rings. The number of nitrogens with one attached hydrogen (secondary N) is 2. The largest absolute Gasteiger partial charge is 0.354 e. The topological polar surface area (TPSA) is 41.1 Å². The molecule has 0 aliphatic heterocycles. The van der Waals surface area contributed by atoms with E-state index in [1.54, 1.807) is 7.05 Å². The average Bonchev–Trinajstić information content (AvgIpc) is 2.30. The summed E-state index contributed by atoms with van der Waals surface area (Å²) in [4.78, 5) is 11.7. The van der Waals surface area contributed by atoms with Gasteiger partial charge in [-0.3, -0.25) is 4.79 Å². The van der Waals surface area contributed by atoms with Crippen LogP contribution >= 0.6 is 0 Å². The molecule has 1 rings (SSSR count). The van der Waals surface area contributed by atoms with Gasteiger partial charge in [0.25, 0.3) is 0 Å². The van der Waals surface area contributed by atoms with E-state index in [1.165, 1.54) is 5.56 Å². The number of rotatable bonds is 5. The van der Waals surface area contributed by atoms with Crippen molar-refractivity contribution in [3.05, 3.63) is 35.9 Å². The zero-order chi connectivity index (χ0) is 12.0. The van der Waals surface area contributed by atoms with Gasteiger partial charge in [-0.05, 0) is 32.9 Å². The number of hydrogen-bond donors (Lipinski definition) is 2. The Morgan fingerprint density at radius 3 is 2.44 bits per heavy atom. The predicted molar refractivity (Wildman–Crippen MR) is 66.3 cm³/mol. The zero-order valence-corrected chi connectivity index (χ0v) is 10.2. The van der Waals surface area contributed by atoms with Crippen LogP contribution in [0.5, 0.6) is 0 Å². The van der Waals surface area contributed by atoms with Crippen molar-refractivity contribution in [1.29, 1.82) is 0 Å². The Morgan fingerprint density at radius 2 is 1.88 bits per heavy atom. The van der Waals surface area contributed by atoms with Crippen molar-refractivity contribution in [2.75, 3.05) is 13.6 Å². The Balaban J connectivity index is 2.34. The third-order valence-corrected chi connectivity index (χ3v) is 2.73. The molecule has 0 aliphatic carbocycles. The molecule has 1 amide bonds. The van der Waals surface area contributed by atoms with Crippen LogP contribution in [-0.2, 0) is 11.2 Å². The van der Waals surface area contributed by atoms with Crippen molar-refractivity contribution in [2.24, 2.45) is 0 Å². The molecular formula is C13H20N2O. The highest BCUT2D eigenvalue weighted by Crippen LogP contribution is 2.01. The van der Waals surface area contributed by atoms with Gasteiger partial charge in [0.1, 0.15) is 0 Å². The first-order chi connectivity index (χ1) is 7.56. The van der Waals surface area contributed by atoms with Crippen molar-refractivity contribution in [1.82, 2.24) is 10.6 Å². The Morgan fingerprint density at radius 1 is 1.25 bits per heavy atom. The molecule has 0 saturated carbocycles. The molecule has 0 saturated heterocycles. The number of amides is 1. The second-order valence-corrected chi connectivity index (χ2v) is 4.37. The number of likely N-dealkylation sites (N-methyl/N-ethyl adjacent to an activating group) is 1. The standard InChI is InChI=1S/C13H20N2O/c1-13(2,14-3)12(16)15-10-9-11-7-5-4-6-8-11/h4-8,14H,9-10H2,1-3H3,(H,15,16). The van der Waals surface area contributed by atoms with E-state index in [9.17, 15) is 4.79 Å². The molecule has 0 bridgehead atoms. The molecule has 1 aromatic carbocycles. The molecule has 0 aliphatic rings. The van der Waals surface area contributed by atoms with Gasteiger partial charge in [0.15, 0.2) is 0 Å². The minimum absolute atomic E-state index is 0.0333. The fourth-order valence-electron chi connectivity index (χ4n) is 1.30. The lowest BCUT2D eigenvalue weighted by Gasteiger charge is -2.22. The molecular weight excluding hydrogens is 200 g/mol. The lowest BCUT2D eigenvalue weighted by atomic mass is 10.1. The lowest BCUT2D eigenvalue weighted by Crippen LogP contribution is -2.51. The predicted octanol–water partition coefficient (Wildman–Crippen LogP) is 1.34. The van der Waals surface area contributed by atoms with Gasteiger partial charge in [0.2, 0.25) is 5.91 Å². The molecule has 3 nitrogen and oxygen atoms in total. The maximum Gasteiger partial charge on any atom is 0.239 e. The summed E-state index contributed by atoms with van der Waals surface area (Å²) in [5.74, 6) is 0.0333. The summed E-state index contributed by atoms with van der Waals surface area (Å²) in [5.41, 5.74) is 0.738. The van der Waals surface area contributed by atoms with Crippen LogP contribution in [0.25, 0.3) is 0 Å². The van der Waals surface area contributed by atoms with Crippen LogP contribution in [-0.4, -0.2) is 25.0 Å². The van der Waals surface area contributed by atoms with Crippen LogP contribution in [0.1, 0.15) is 19.4 Å². The summed E-state index contributed by atoms with van der Waals surface area (Å²) < 4.78 is 0. The number of benzene rings is 1. The number of carbonyl (C=O) groups excluding carboxylic acids is 1. The van der Waals surface area contributed by atoms with E-state index in [0.717, 1.165) is 6.42 Å². The van der Waals surface area contributed by atoms with Gasteiger partial charge in [0.05, 0.1) is 5.54 Å². The molecule has 0 radical (unpaired) electrons. The second-order valence-electron chi connectivity index (χ2n) is 4.37. The van der Waals surface area contributed by atoms with Gasteiger partial charge >= 0.3 is 0 Å². The van der Waals surface area contributed by atoms with Crippen molar-refractivity contribution < 1.29 is 4.79 Å². The van der Waals surface area contributed by atoms with Gasteiger partial charge in [-0.1, -0.05) is 30.3 Å². The van der Waals surface area contributed by atoms with Crippen LogP contribution < -0.4 is 10.6 Å². The summed E-state index contributed by atoms with van der Waals surface area (Å²) in [6.07, 6.45) is 0.867. The second kappa shape index (κ2) is 5.66. The summed E-state index contributed by atoms with van der Waals surface area (Å²) in [7, 11) is 1.79. The SMILES string of the molecule is CNC(C)(C)C(=O)NCCc1ccccc1. The summed E-state index contributed by atoms with van der Waals surface area (Å²) in [6.45, 7) is 4.41. The summed E-state index contributed by atoms with van der Waals surface area (Å²) in [6, 6.07) is 10.1. The van der Waals surface area contributed by atoms with Crippen LogP contribution in [0.3, 0.4) is 0 Å². The maximum atomic E-state index is 11.7. The van der Waals surface area contributed by atoms with E-state index in [1.807, 2.05) is 32.0 Å². The van der Waals surface area contributed by atoms with E-state index in [4.69, 9.17) is 0 Å². The van der Waals surface area contributed by atoms with Crippen LogP contribution in [0, 0.1) is 0 Å². The van der Waals surface area contributed by atoms with Gasteiger partial charge in [0, 0.05) is 6.54 Å². The first-order valence-electron chi connectivity index (χ1n) is 5.57. The highest BCUT2D eigenvalue weighted by atomic mass is 16.2. The summed E-state index contributed by atoms with van der Waals surface area (Å²) in [5, 5.41) is 5.90. The van der Waals surface area contributed by atoms with Crippen molar-refractivity contribution in [2.45, 2.75) is 25.8 Å². The Labute approximate surface area is 97.2 Å². The van der Waals surface area contributed by atoms with E-state index in [2.05, 4.69) is 22.8 Å². The zero-order valence-electron chi connectivity index (χ0n) is 10.2. The van der Waals surface area contributed by atoms with Crippen LogP contribution in [0.2, 0.25) is 0 Å². The number of hydrogen-bond acceptors (Lipinski definition) is 2. The van der Waals surface area contributed by atoms with Gasteiger partial charge in [-0.2, -0.15) is 0 Å². The minimum atomic E-state index is -0.503.